The minimum Gasteiger partial charge on any atom is -0.346 e. The number of fused-ring (bicyclic) bond motifs is 2. The number of carbonyl (C=O) groups excluding carboxylic acids is 1. The van der Waals surface area contributed by atoms with Gasteiger partial charge in [-0.3, -0.25) is 9.69 Å². The topological polar surface area (TPSA) is 44.4 Å². The average Bonchev–Trinajstić information content (AvgIpc) is 2.59. The Morgan fingerprint density at radius 2 is 1.95 bits per heavy atom. The van der Waals surface area contributed by atoms with Crippen molar-refractivity contribution < 1.29 is 18.0 Å². The lowest BCUT2D eigenvalue weighted by Gasteiger charge is -2.23. The second kappa shape index (κ2) is 6.76. The van der Waals surface area contributed by atoms with E-state index in [-0.39, 0.29) is 19.0 Å². The van der Waals surface area contributed by atoms with Crippen LogP contribution in [0.5, 0.6) is 0 Å². The molecule has 1 amide bonds. The number of hydrogen-bond acceptors (Lipinski definition) is 3. The molecule has 2 atom stereocenters. The van der Waals surface area contributed by atoms with Crippen LogP contribution in [-0.2, 0) is 4.79 Å². The van der Waals surface area contributed by atoms with Crippen LogP contribution in [0.15, 0.2) is 0 Å². The highest BCUT2D eigenvalue weighted by Crippen LogP contribution is 2.20. The second-order valence-electron chi connectivity index (χ2n) is 5.05. The second-order valence-corrected chi connectivity index (χ2v) is 5.05. The third kappa shape index (κ3) is 5.54. The highest BCUT2D eigenvalue weighted by atomic mass is 35.5. The lowest BCUT2D eigenvalue weighted by Crippen LogP contribution is -2.43. The molecule has 2 aliphatic heterocycles. The molecule has 0 aromatic heterocycles. The molecule has 0 spiro atoms. The number of carbonyl (C=O) groups is 1. The van der Waals surface area contributed by atoms with Crippen LogP contribution in [0.25, 0.3) is 0 Å². The zero-order valence-electron chi connectivity index (χ0n) is 10.5. The summed E-state index contributed by atoms with van der Waals surface area (Å²) in [6.45, 7) is 0.328. The molecule has 2 fully saturated rings. The fourth-order valence-corrected chi connectivity index (χ4v) is 2.62. The first kappa shape index (κ1) is 16.5. The van der Waals surface area contributed by atoms with Crippen LogP contribution in [0.3, 0.4) is 0 Å². The van der Waals surface area contributed by atoms with E-state index in [1.165, 1.54) is 6.42 Å². The van der Waals surface area contributed by atoms with Crippen molar-refractivity contribution in [2.45, 2.75) is 37.5 Å². The number of nitrogens with zero attached hydrogens (tertiary/aromatic N) is 1. The van der Waals surface area contributed by atoms with Crippen molar-refractivity contribution in [2.24, 2.45) is 0 Å². The Hall–Kier alpha value is -0.530. The molecule has 8 heteroatoms. The van der Waals surface area contributed by atoms with E-state index in [1.54, 1.807) is 0 Å². The first-order chi connectivity index (χ1) is 8.42. The van der Waals surface area contributed by atoms with Crippen LogP contribution in [-0.4, -0.2) is 55.2 Å². The molecule has 2 rings (SSSR count). The molecule has 2 saturated heterocycles. The number of likely N-dealkylation sites (tertiary alicyclic amines) is 1. The summed E-state index contributed by atoms with van der Waals surface area (Å²) >= 11 is 0. The Labute approximate surface area is 116 Å². The fraction of sp³-hybridized carbons (Fsp3) is 0.909. The van der Waals surface area contributed by atoms with Crippen molar-refractivity contribution in [3.8, 4) is 0 Å². The van der Waals surface area contributed by atoms with Crippen LogP contribution in [0.1, 0.15) is 19.3 Å². The van der Waals surface area contributed by atoms with Crippen molar-refractivity contribution in [3.63, 3.8) is 0 Å². The van der Waals surface area contributed by atoms with Gasteiger partial charge in [0.15, 0.2) is 0 Å². The molecular weight excluding hydrogens is 283 g/mol. The smallest absolute Gasteiger partial charge is 0.346 e. The summed E-state index contributed by atoms with van der Waals surface area (Å²) in [7, 11) is 0. The zero-order valence-corrected chi connectivity index (χ0v) is 11.3. The van der Waals surface area contributed by atoms with Crippen LogP contribution >= 0.6 is 12.4 Å². The zero-order chi connectivity index (χ0) is 13.2. The van der Waals surface area contributed by atoms with Crippen molar-refractivity contribution in [2.75, 3.05) is 26.2 Å². The van der Waals surface area contributed by atoms with Gasteiger partial charge in [0.1, 0.15) is 6.54 Å². The van der Waals surface area contributed by atoms with Crippen molar-refractivity contribution in [1.29, 1.82) is 0 Å². The van der Waals surface area contributed by atoms with Gasteiger partial charge in [-0.15, -0.1) is 12.4 Å². The summed E-state index contributed by atoms with van der Waals surface area (Å²) in [6, 6.07) is 0.895. The molecule has 4 nitrogen and oxygen atoms in total. The van der Waals surface area contributed by atoms with Crippen molar-refractivity contribution in [1.82, 2.24) is 15.5 Å². The van der Waals surface area contributed by atoms with Crippen molar-refractivity contribution in [3.05, 3.63) is 0 Å². The third-order valence-electron chi connectivity index (χ3n) is 3.46. The summed E-state index contributed by atoms with van der Waals surface area (Å²) in [5, 5.41) is 5.37. The predicted molar refractivity (Wildman–Crippen MR) is 67.3 cm³/mol. The van der Waals surface area contributed by atoms with E-state index >= 15 is 0 Å². The van der Waals surface area contributed by atoms with E-state index < -0.39 is 18.6 Å². The van der Waals surface area contributed by atoms with Crippen molar-refractivity contribution >= 4 is 18.3 Å². The van der Waals surface area contributed by atoms with Gasteiger partial charge in [0.2, 0.25) is 5.91 Å². The SMILES string of the molecule is Cl.O=C(CN1CCC2CCC(C1)N2)NCC(F)(F)F. The van der Waals surface area contributed by atoms with E-state index in [1.807, 2.05) is 10.2 Å². The van der Waals surface area contributed by atoms with Crippen LogP contribution < -0.4 is 10.6 Å². The first-order valence-electron chi connectivity index (χ1n) is 6.24. The Bertz CT molecular complexity index is 314. The van der Waals surface area contributed by atoms with E-state index in [0.29, 0.717) is 12.1 Å². The van der Waals surface area contributed by atoms with Crippen LogP contribution in [0, 0.1) is 0 Å². The minimum absolute atomic E-state index is 0. The molecule has 112 valence electrons. The van der Waals surface area contributed by atoms with E-state index in [4.69, 9.17) is 0 Å². The van der Waals surface area contributed by atoms with Crippen LogP contribution in [0.2, 0.25) is 0 Å². The Morgan fingerprint density at radius 3 is 2.63 bits per heavy atom. The molecule has 2 N–H and O–H groups in total. The number of halogens is 4. The summed E-state index contributed by atoms with van der Waals surface area (Å²) in [5.74, 6) is -0.551. The first-order valence-corrected chi connectivity index (χ1v) is 6.24. The van der Waals surface area contributed by atoms with E-state index in [2.05, 4.69) is 5.32 Å². The maximum absolute atomic E-state index is 11.9. The van der Waals surface area contributed by atoms with Gasteiger partial charge in [0, 0.05) is 25.2 Å². The molecule has 0 aliphatic carbocycles. The summed E-state index contributed by atoms with van der Waals surface area (Å²) < 4.78 is 35.8. The monoisotopic (exact) mass is 301 g/mol. The van der Waals surface area contributed by atoms with E-state index in [0.717, 1.165) is 25.9 Å². The largest absolute Gasteiger partial charge is 0.405 e. The standard InChI is InChI=1S/C11H18F3N3O.ClH/c12-11(13,14)7-15-10(18)6-17-4-3-8-1-2-9(5-17)16-8;/h8-9,16H,1-7H2,(H,15,18);1H. The highest BCUT2D eigenvalue weighted by Gasteiger charge is 2.31. The quantitative estimate of drug-likeness (QED) is 0.814. The molecule has 2 heterocycles. The molecule has 0 aromatic rings. The third-order valence-corrected chi connectivity index (χ3v) is 3.46. The van der Waals surface area contributed by atoms with Gasteiger partial charge in [-0.2, -0.15) is 13.2 Å². The number of alkyl halides is 3. The molecule has 2 aliphatic rings. The minimum atomic E-state index is -4.34. The number of hydrogen-bond donors (Lipinski definition) is 2. The molecular formula is C11H19ClF3N3O. The summed E-state index contributed by atoms with van der Waals surface area (Å²) in [5.41, 5.74) is 0. The Balaban J connectivity index is 0.00000180. The van der Waals surface area contributed by atoms with Gasteiger partial charge >= 0.3 is 6.18 Å². The molecule has 19 heavy (non-hydrogen) atoms. The molecule has 0 aromatic carbocycles. The van der Waals surface area contributed by atoms with Gasteiger partial charge in [0.05, 0.1) is 6.54 Å². The molecule has 0 saturated carbocycles. The maximum Gasteiger partial charge on any atom is 0.405 e. The number of nitrogens with one attached hydrogen (secondary N) is 2. The maximum atomic E-state index is 11.9. The normalized spacial score (nSPS) is 27.5. The fourth-order valence-electron chi connectivity index (χ4n) is 2.62. The number of rotatable bonds is 3. The van der Waals surface area contributed by atoms with Crippen LogP contribution in [0.4, 0.5) is 13.2 Å². The predicted octanol–water partition coefficient (Wildman–Crippen LogP) is 0.913. The summed E-state index contributed by atoms with van der Waals surface area (Å²) in [6.07, 6.45) is -1.12. The Morgan fingerprint density at radius 1 is 1.26 bits per heavy atom. The van der Waals surface area contributed by atoms with Gasteiger partial charge in [0.25, 0.3) is 0 Å². The van der Waals surface area contributed by atoms with Gasteiger partial charge in [-0.25, -0.2) is 0 Å². The lowest BCUT2D eigenvalue weighted by molar-refractivity contribution is -0.139. The van der Waals surface area contributed by atoms with Gasteiger partial charge < -0.3 is 10.6 Å². The Kier molecular flexibility index (Phi) is 5.88. The lowest BCUT2D eigenvalue weighted by atomic mass is 10.1. The van der Waals surface area contributed by atoms with Gasteiger partial charge in [-0.05, 0) is 19.3 Å². The molecule has 0 radical (unpaired) electrons. The molecule has 2 unspecified atom stereocenters. The summed E-state index contributed by atoms with van der Waals surface area (Å²) in [4.78, 5) is 13.3. The molecule has 2 bridgehead atoms. The number of amides is 1. The van der Waals surface area contributed by atoms with E-state index in [9.17, 15) is 18.0 Å². The average molecular weight is 302 g/mol. The highest BCUT2D eigenvalue weighted by molar-refractivity contribution is 5.85. The van der Waals surface area contributed by atoms with Gasteiger partial charge in [-0.1, -0.05) is 0 Å².